The van der Waals surface area contributed by atoms with Gasteiger partial charge in [-0.1, -0.05) is 60.3 Å². The Morgan fingerprint density at radius 3 is 2.51 bits per heavy atom. The first kappa shape index (κ1) is 23.6. The van der Waals surface area contributed by atoms with Crippen LogP contribution in [-0.4, -0.2) is 30.4 Å². The van der Waals surface area contributed by atoms with E-state index in [2.05, 4.69) is 20.5 Å². The van der Waals surface area contributed by atoms with Crippen molar-refractivity contribution in [2.45, 2.75) is 9.79 Å². The summed E-state index contributed by atoms with van der Waals surface area (Å²) in [5.74, 6) is 1.44. The van der Waals surface area contributed by atoms with E-state index in [-0.39, 0.29) is 11.5 Å². The number of hydrogen-bond donors (Lipinski definition) is 2. The summed E-state index contributed by atoms with van der Waals surface area (Å²) < 4.78 is 10.7. The summed E-state index contributed by atoms with van der Waals surface area (Å²) in [5, 5.41) is 13.7. The molecular formula is C26H21N5O3S. The first-order valence-corrected chi connectivity index (χ1v) is 11.3. The van der Waals surface area contributed by atoms with Gasteiger partial charge in [0.1, 0.15) is 11.6 Å². The lowest BCUT2D eigenvalue weighted by molar-refractivity contribution is 0.354. The molecule has 1 heterocycles. The number of rotatable bonds is 8. The zero-order chi connectivity index (χ0) is 24.6. The highest BCUT2D eigenvalue weighted by molar-refractivity contribution is 7.99. The van der Waals surface area contributed by atoms with E-state index in [4.69, 9.17) is 9.47 Å². The summed E-state index contributed by atoms with van der Waals surface area (Å²) in [6, 6.07) is 24.5. The van der Waals surface area contributed by atoms with Crippen LogP contribution < -0.4 is 20.5 Å². The van der Waals surface area contributed by atoms with Gasteiger partial charge in [-0.05, 0) is 24.3 Å². The Morgan fingerprint density at radius 2 is 1.77 bits per heavy atom. The Kier molecular flexibility index (Phi) is 7.45. The van der Waals surface area contributed by atoms with E-state index in [1.807, 2.05) is 66.7 Å². The topological polar surface area (TPSA) is 112 Å². The minimum atomic E-state index is -0.538. The molecule has 0 saturated carbocycles. The SMILES string of the molecule is COc1ccc(Sc2ccccc2C=NNc2nc(-c3ccccc3)c(C#N)c(=O)[nH]2)cc1OC. The fraction of sp³-hybridized carbons (Fsp3) is 0.0769. The largest absolute Gasteiger partial charge is 0.493 e. The second-order valence-electron chi connectivity index (χ2n) is 7.14. The van der Waals surface area contributed by atoms with Crippen molar-refractivity contribution in [3.8, 4) is 28.8 Å². The zero-order valence-electron chi connectivity index (χ0n) is 19.0. The fourth-order valence-corrected chi connectivity index (χ4v) is 4.23. The predicted octanol–water partition coefficient (Wildman–Crippen LogP) is 4.92. The first-order valence-electron chi connectivity index (χ1n) is 10.5. The number of aromatic nitrogens is 2. The van der Waals surface area contributed by atoms with Crippen LogP contribution in [-0.2, 0) is 0 Å². The van der Waals surface area contributed by atoms with Crippen molar-refractivity contribution in [2.24, 2.45) is 5.10 Å². The first-order chi connectivity index (χ1) is 17.1. The van der Waals surface area contributed by atoms with Gasteiger partial charge < -0.3 is 9.47 Å². The van der Waals surface area contributed by atoms with Gasteiger partial charge in [-0.25, -0.2) is 10.4 Å². The molecule has 174 valence electrons. The highest BCUT2D eigenvalue weighted by Gasteiger charge is 2.13. The van der Waals surface area contributed by atoms with Gasteiger partial charge >= 0.3 is 0 Å². The second-order valence-corrected chi connectivity index (χ2v) is 8.26. The summed E-state index contributed by atoms with van der Waals surface area (Å²) in [6.07, 6.45) is 1.64. The van der Waals surface area contributed by atoms with Crippen molar-refractivity contribution in [3.05, 3.63) is 94.3 Å². The summed E-state index contributed by atoms with van der Waals surface area (Å²) >= 11 is 1.55. The molecule has 4 aromatic rings. The summed E-state index contributed by atoms with van der Waals surface area (Å²) in [5.41, 5.74) is 3.99. The van der Waals surface area contributed by atoms with Crippen LogP contribution in [0.3, 0.4) is 0 Å². The van der Waals surface area contributed by atoms with E-state index >= 15 is 0 Å². The van der Waals surface area contributed by atoms with Gasteiger partial charge in [0.05, 0.1) is 26.1 Å². The van der Waals surface area contributed by atoms with Crippen LogP contribution in [0.2, 0.25) is 0 Å². The molecule has 0 unspecified atom stereocenters. The monoisotopic (exact) mass is 483 g/mol. The highest BCUT2D eigenvalue weighted by Crippen LogP contribution is 2.36. The number of anilines is 1. The zero-order valence-corrected chi connectivity index (χ0v) is 19.8. The second kappa shape index (κ2) is 11.0. The summed E-state index contributed by atoms with van der Waals surface area (Å²) in [6.45, 7) is 0. The Hall–Kier alpha value is -4.55. The minimum absolute atomic E-state index is 0.0533. The van der Waals surface area contributed by atoms with Gasteiger partial charge in [-0.2, -0.15) is 10.4 Å². The van der Waals surface area contributed by atoms with Gasteiger partial charge in [0, 0.05) is 20.9 Å². The van der Waals surface area contributed by atoms with Crippen molar-refractivity contribution < 1.29 is 9.47 Å². The normalized spacial score (nSPS) is 10.7. The molecule has 35 heavy (non-hydrogen) atoms. The standard InChI is InChI=1S/C26H21N5O3S/c1-33-21-13-12-19(14-22(21)34-2)35-23-11-7-6-10-18(23)16-28-31-26-29-24(17-8-4-3-5-9-17)20(15-27)25(32)30-26/h3-14,16H,1-2H3,(H2,29,30,31,32). The third kappa shape index (κ3) is 5.51. The Morgan fingerprint density at radius 1 is 1.03 bits per heavy atom. The smallest absolute Gasteiger partial charge is 0.270 e. The molecule has 9 heteroatoms. The maximum atomic E-state index is 12.4. The van der Waals surface area contributed by atoms with Crippen molar-refractivity contribution in [1.82, 2.24) is 9.97 Å². The molecule has 0 saturated heterocycles. The minimum Gasteiger partial charge on any atom is -0.493 e. The Labute approximate surface area is 206 Å². The van der Waals surface area contributed by atoms with E-state index in [0.29, 0.717) is 22.8 Å². The molecule has 8 nitrogen and oxygen atoms in total. The molecule has 0 aliphatic rings. The van der Waals surface area contributed by atoms with Crippen molar-refractivity contribution in [1.29, 1.82) is 5.26 Å². The van der Waals surface area contributed by atoms with Crippen molar-refractivity contribution in [2.75, 3.05) is 19.6 Å². The molecule has 0 spiro atoms. The van der Waals surface area contributed by atoms with Crippen LogP contribution in [0.4, 0.5) is 5.95 Å². The third-order valence-corrected chi connectivity index (χ3v) is 6.04. The predicted molar refractivity (Wildman–Crippen MR) is 136 cm³/mol. The van der Waals surface area contributed by atoms with Gasteiger partial charge in [-0.3, -0.25) is 9.78 Å². The molecule has 0 aliphatic heterocycles. The Balaban J connectivity index is 1.57. The van der Waals surface area contributed by atoms with Crippen LogP contribution in [0.1, 0.15) is 11.1 Å². The van der Waals surface area contributed by atoms with E-state index in [1.165, 1.54) is 0 Å². The number of hydrazone groups is 1. The number of nitriles is 1. The molecule has 3 aromatic carbocycles. The molecular weight excluding hydrogens is 462 g/mol. The molecule has 0 aliphatic carbocycles. The van der Waals surface area contributed by atoms with Crippen LogP contribution >= 0.6 is 11.8 Å². The molecule has 4 rings (SSSR count). The van der Waals surface area contributed by atoms with Crippen LogP contribution in [0.15, 0.2) is 92.5 Å². The average molecular weight is 484 g/mol. The lowest BCUT2D eigenvalue weighted by Crippen LogP contribution is -2.16. The number of nitrogens with one attached hydrogen (secondary N) is 2. The van der Waals surface area contributed by atoms with Crippen LogP contribution in [0.25, 0.3) is 11.3 Å². The summed E-state index contributed by atoms with van der Waals surface area (Å²) in [4.78, 5) is 21.3. The van der Waals surface area contributed by atoms with E-state index in [0.717, 1.165) is 15.4 Å². The average Bonchev–Trinajstić information content (AvgIpc) is 2.89. The number of ether oxygens (including phenoxy) is 2. The molecule has 0 fully saturated rings. The molecule has 0 bridgehead atoms. The number of benzene rings is 3. The lowest BCUT2D eigenvalue weighted by Gasteiger charge is -2.10. The quantitative estimate of drug-likeness (QED) is 0.270. The van der Waals surface area contributed by atoms with Gasteiger partial charge in [0.25, 0.3) is 5.56 Å². The van der Waals surface area contributed by atoms with Crippen LogP contribution in [0, 0.1) is 11.3 Å². The molecule has 1 aromatic heterocycles. The van der Waals surface area contributed by atoms with Gasteiger partial charge in [0.2, 0.25) is 5.95 Å². The van der Waals surface area contributed by atoms with Gasteiger partial charge in [-0.15, -0.1) is 0 Å². The molecule has 0 amide bonds. The van der Waals surface area contributed by atoms with Crippen LogP contribution in [0.5, 0.6) is 11.5 Å². The Bertz CT molecular complexity index is 1460. The highest BCUT2D eigenvalue weighted by atomic mass is 32.2. The molecule has 0 radical (unpaired) electrons. The van der Waals surface area contributed by atoms with E-state index < -0.39 is 5.56 Å². The molecule has 0 atom stereocenters. The fourth-order valence-electron chi connectivity index (χ4n) is 3.28. The van der Waals surface area contributed by atoms with Crippen molar-refractivity contribution >= 4 is 23.9 Å². The molecule has 2 N–H and O–H groups in total. The number of methoxy groups -OCH3 is 2. The number of hydrogen-bond acceptors (Lipinski definition) is 8. The van der Waals surface area contributed by atoms with Gasteiger partial charge in [0.15, 0.2) is 11.5 Å². The maximum Gasteiger partial charge on any atom is 0.270 e. The lowest BCUT2D eigenvalue weighted by atomic mass is 10.1. The third-order valence-electron chi connectivity index (χ3n) is 4.95. The maximum absolute atomic E-state index is 12.4. The number of nitrogens with zero attached hydrogens (tertiary/aromatic N) is 3. The number of H-pyrrole nitrogens is 1. The summed E-state index contributed by atoms with van der Waals surface area (Å²) in [7, 11) is 3.20. The van der Waals surface area contributed by atoms with Crippen molar-refractivity contribution in [3.63, 3.8) is 0 Å². The van der Waals surface area contributed by atoms with E-state index in [1.54, 1.807) is 44.3 Å². The number of aromatic amines is 1. The van der Waals surface area contributed by atoms with E-state index in [9.17, 15) is 10.1 Å².